The molecule has 2 aromatic carbocycles. The lowest BCUT2D eigenvalue weighted by molar-refractivity contribution is -0.155. The number of hydrogen-bond donors (Lipinski definition) is 3. The minimum absolute atomic E-state index is 0.00390. The summed E-state index contributed by atoms with van der Waals surface area (Å²) in [4.78, 5) is 68.2. The number of cyclic esters (lactones) is 1. The summed E-state index contributed by atoms with van der Waals surface area (Å²) in [5, 5.41) is 16.8. The summed E-state index contributed by atoms with van der Waals surface area (Å²) in [5.74, 6) is -2.39. The van der Waals surface area contributed by atoms with E-state index in [2.05, 4.69) is 59.3 Å². The van der Waals surface area contributed by atoms with E-state index in [1.165, 1.54) is 9.91 Å². The molecule has 0 aliphatic carbocycles. The smallest absolute Gasteiger partial charge is 0.324 e. The van der Waals surface area contributed by atoms with E-state index in [-0.39, 0.29) is 49.2 Å². The zero-order valence-electron chi connectivity index (χ0n) is 40.5. The van der Waals surface area contributed by atoms with Crippen LogP contribution in [0.25, 0.3) is 33.3 Å². The van der Waals surface area contributed by atoms with Gasteiger partial charge in [-0.15, -0.1) is 0 Å². The van der Waals surface area contributed by atoms with E-state index in [1.54, 1.807) is 44.9 Å². The fourth-order valence-corrected chi connectivity index (χ4v) is 10.4. The second-order valence-corrected chi connectivity index (χ2v) is 19.6. The van der Waals surface area contributed by atoms with Crippen LogP contribution in [0.3, 0.4) is 0 Å². The highest BCUT2D eigenvalue weighted by molar-refractivity contribution is 5.96. The van der Waals surface area contributed by atoms with Gasteiger partial charge < -0.3 is 34.1 Å². The number of phenolic OH excluding ortho intramolecular Hbond substituents is 1. The van der Waals surface area contributed by atoms with Gasteiger partial charge >= 0.3 is 5.97 Å². The number of carbonyl (C=O) groups is 4. The Hall–Kier alpha value is -6.16. The van der Waals surface area contributed by atoms with Gasteiger partial charge in [0.05, 0.1) is 24.1 Å². The number of aromatic nitrogens is 3. The maximum atomic E-state index is 14.8. The van der Waals surface area contributed by atoms with Gasteiger partial charge in [0.1, 0.15) is 30.0 Å². The molecule has 6 atom stereocenters. The summed E-state index contributed by atoms with van der Waals surface area (Å²) < 4.78 is 20.2. The van der Waals surface area contributed by atoms with Gasteiger partial charge in [-0.05, 0) is 116 Å². The number of amides is 3. The van der Waals surface area contributed by atoms with Crippen LogP contribution in [0.1, 0.15) is 95.2 Å². The molecule has 1 unspecified atom stereocenters. The quantitative estimate of drug-likeness (QED) is 0.124. The minimum Gasteiger partial charge on any atom is -0.508 e. The van der Waals surface area contributed by atoms with Crippen LogP contribution in [0.4, 0.5) is 0 Å². The third kappa shape index (κ3) is 9.88. The summed E-state index contributed by atoms with van der Waals surface area (Å²) in [6, 6.07) is 16.3. The van der Waals surface area contributed by atoms with Gasteiger partial charge in [-0.3, -0.25) is 34.2 Å². The fraction of sp³-hybridized carbons (Fsp3) is 0.472. The van der Waals surface area contributed by atoms with E-state index in [0.29, 0.717) is 44.4 Å². The maximum Gasteiger partial charge on any atom is 0.324 e. The Morgan fingerprint density at radius 3 is 2.57 bits per heavy atom. The third-order valence-electron chi connectivity index (χ3n) is 13.8. The van der Waals surface area contributed by atoms with Crippen molar-refractivity contribution in [1.82, 2.24) is 35.2 Å². The monoisotopic (exact) mass is 927 g/mol. The number of nitrogens with zero attached hydrogens (tertiary/aromatic N) is 5. The molecular formula is C53H65N7O8. The summed E-state index contributed by atoms with van der Waals surface area (Å²) in [6.07, 6.45) is 6.24. The fourth-order valence-electron chi connectivity index (χ4n) is 10.4. The molecule has 0 radical (unpaired) electrons. The van der Waals surface area contributed by atoms with Crippen molar-refractivity contribution in [2.75, 3.05) is 33.9 Å². The number of aromatic hydroxyl groups is 1. The van der Waals surface area contributed by atoms with Crippen LogP contribution in [0.2, 0.25) is 0 Å². The number of methoxy groups -OCH3 is 1. The van der Waals surface area contributed by atoms with Crippen LogP contribution >= 0.6 is 0 Å². The second-order valence-electron chi connectivity index (χ2n) is 19.6. The maximum absolute atomic E-state index is 14.8. The molecule has 6 heterocycles. The standard InChI is InChI=1S/C53H65N7O8/c1-9-59-44-17-16-34-27-40(44)41(47(59)39-14-11-20-55-45(39)32(4)66-8)28-53(5,6)30-68-52(65)42-15-12-21-60(57-42)50(63)43(25-33-23-36(34)26-37(61)24-33)56-49(62)46(31(2)3)58(7)51(64)48-38(18-22-67-48)35-13-10-19-54-29-35/h10-11,13-14,16-17,19-20,23-24,26-27,29,31-32,38,42-43,46,48,57,61H,9,12,15,18,21-22,25,28,30H2,1-8H3,(H,56,62)/t32-,38+,42-,43-,46?,48+/m0/s1. The van der Waals surface area contributed by atoms with Crippen LogP contribution in [0, 0.1) is 11.3 Å². The first-order valence-electron chi connectivity index (χ1n) is 23.9. The normalized spacial score (nSPS) is 21.8. The first-order valence-corrected chi connectivity index (χ1v) is 23.9. The summed E-state index contributed by atoms with van der Waals surface area (Å²) in [5.41, 5.74) is 10.5. The Labute approximate surface area is 398 Å². The number of phenols is 1. The molecule has 5 aromatic rings. The lowest BCUT2D eigenvalue weighted by Crippen LogP contribution is -2.62. The van der Waals surface area contributed by atoms with Crippen LogP contribution in [-0.4, -0.2) is 111 Å². The lowest BCUT2D eigenvalue weighted by Gasteiger charge is -2.37. The topological polar surface area (TPSA) is 177 Å². The van der Waals surface area contributed by atoms with Gasteiger partial charge in [0, 0.05) is 86.7 Å². The van der Waals surface area contributed by atoms with Crippen molar-refractivity contribution in [3.63, 3.8) is 0 Å². The molecule has 3 N–H and O–H groups in total. The van der Waals surface area contributed by atoms with E-state index in [4.69, 9.17) is 19.2 Å². The second kappa shape index (κ2) is 20.2. The highest BCUT2D eigenvalue weighted by Gasteiger charge is 2.42. The molecule has 8 rings (SSSR count). The summed E-state index contributed by atoms with van der Waals surface area (Å²) >= 11 is 0. The number of pyridine rings is 2. The molecule has 3 aliphatic rings. The molecule has 15 heteroatoms. The van der Waals surface area contributed by atoms with Gasteiger partial charge in [0.25, 0.3) is 11.8 Å². The number of aryl methyl sites for hydroxylation is 1. The van der Waals surface area contributed by atoms with Crippen LogP contribution in [0.15, 0.2) is 79.3 Å². The minimum atomic E-state index is -1.16. The van der Waals surface area contributed by atoms with Crippen LogP contribution in [0.5, 0.6) is 5.75 Å². The van der Waals surface area contributed by atoms with Crippen LogP contribution in [-0.2, 0) is 52.8 Å². The molecule has 0 spiro atoms. The van der Waals surface area contributed by atoms with Crippen molar-refractivity contribution in [2.24, 2.45) is 11.3 Å². The van der Waals surface area contributed by atoms with Crippen molar-refractivity contribution >= 4 is 34.6 Å². The molecule has 68 heavy (non-hydrogen) atoms. The summed E-state index contributed by atoms with van der Waals surface area (Å²) in [6.45, 7) is 13.4. The molecule has 0 saturated carbocycles. The number of benzene rings is 2. The van der Waals surface area contributed by atoms with E-state index in [9.17, 15) is 24.3 Å². The number of nitrogens with one attached hydrogen (secondary N) is 2. The van der Waals surface area contributed by atoms with Crippen LogP contribution < -0.4 is 10.7 Å². The number of ether oxygens (including phenoxy) is 3. The molecular weight excluding hydrogens is 863 g/mol. The highest BCUT2D eigenvalue weighted by atomic mass is 16.5. The Morgan fingerprint density at radius 2 is 1.84 bits per heavy atom. The molecule has 3 aliphatic heterocycles. The average Bonchev–Trinajstić information content (AvgIpc) is 3.94. The van der Waals surface area contributed by atoms with Gasteiger partial charge in [-0.1, -0.05) is 45.9 Å². The molecule has 2 saturated heterocycles. The van der Waals surface area contributed by atoms with E-state index >= 15 is 0 Å². The molecule has 3 aromatic heterocycles. The first-order chi connectivity index (χ1) is 32.6. The largest absolute Gasteiger partial charge is 0.508 e. The van der Waals surface area contributed by atoms with Gasteiger partial charge in [-0.2, -0.15) is 0 Å². The third-order valence-corrected chi connectivity index (χ3v) is 13.8. The van der Waals surface area contributed by atoms with E-state index in [1.807, 2.05) is 51.1 Å². The number of hydrazine groups is 1. The summed E-state index contributed by atoms with van der Waals surface area (Å²) in [7, 11) is 3.27. The van der Waals surface area contributed by atoms with Crippen molar-refractivity contribution in [3.8, 4) is 28.1 Å². The predicted molar refractivity (Wildman–Crippen MR) is 258 cm³/mol. The Bertz CT molecular complexity index is 2670. The zero-order chi connectivity index (χ0) is 48.4. The van der Waals surface area contributed by atoms with Gasteiger partial charge in [0.2, 0.25) is 5.91 Å². The lowest BCUT2D eigenvalue weighted by atomic mass is 9.84. The number of carbonyl (C=O) groups excluding carboxylic acids is 4. The Morgan fingerprint density at radius 1 is 1.04 bits per heavy atom. The molecule has 2 fully saturated rings. The van der Waals surface area contributed by atoms with Gasteiger partial charge in [0.15, 0.2) is 0 Å². The highest BCUT2D eigenvalue weighted by Crippen LogP contribution is 2.42. The molecule has 360 valence electrons. The van der Waals surface area contributed by atoms with Crippen molar-refractivity contribution in [3.05, 3.63) is 102 Å². The Kier molecular flexibility index (Phi) is 14.4. The number of rotatable bonds is 10. The Balaban J connectivity index is 1.20. The van der Waals surface area contributed by atoms with Crippen molar-refractivity contribution in [2.45, 2.75) is 116 Å². The van der Waals surface area contributed by atoms with E-state index < -0.39 is 47.4 Å². The zero-order valence-corrected chi connectivity index (χ0v) is 40.5. The average molecular weight is 928 g/mol. The predicted octanol–water partition coefficient (Wildman–Crippen LogP) is 6.90. The molecule has 3 amide bonds. The van der Waals surface area contributed by atoms with Gasteiger partial charge in [-0.25, -0.2) is 5.43 Å². The number of esters is 1. The molecule has 15 nitrogen and oxygen atoms in total. The van der Waals surface area contributed by atoms with E-state index in [0.717, 1.165) is 50.1 Å². The number of fused-ring (bicyclic) bond motifs is 6. The number of hydrogen-bond acceptors (Lipinski definition) is 11. The van der Waals surface area contributed by atoms with Crippen molar-refractivity contribution in [1.29, 1.82) is 0 Å². The first kappa shape index (κ1) is 48.3. The SMILES string of the molecule is CCn1c(-c2cccnc2[C@H](C)OC)c2c3cc(ccc31)-c1cc(O)cc(c1)C[C@H](NC(=O)C(C(C)C)N(C)C(=O)[C@@H]1OCC[C@@H]1c1cccnc1)C(=O)N1CCC[C@H](N1)C(=O)OCC(C)(C)C2. The number of likely N-dealkylation sites (N-methyl/N-ethyl adjacent to an activating group) is 1. The molecule has 6 bridgehead atoms. The van der Waals surface area contributed by atoms with Crippen molar-refractivity contribution < 1.29 is 38.5 Å².